The van der Waals surface area contributed by atoms with E-state index < -0.39 is 11.7 Å². The second-order valence-electron chi connectivity index (χ2n) is 10.5. The van der Waals surface area contributed by atoms with Crippen LogP contribution in [-0.2, 0) is 4.79 Å². The Hall–Kier alpha value is -2.34. The molecule has 2 aromatic carbocycles. The fraction of sp³-hybridized carbons (Fsp3) is 0.433. The molecule has 38 heavy (non-hydrogen) atoms. The number of amides is 1. The van der Waals surface area contributed by atoms with Crippen LogP contribution < -0.4 is 0 Å². The monoisotopic (exact) mass is 571 g/mol. The van der Waals surface area contributed by atoms with Gasteiger partial charge in [0.15, 0.2) is 0 Å². The van der Waals surface area contributed by atoms with Crippen LogP contribution in [0.1, 0.15) is 80.3 Å². The molecule has 1 heterocycles. The van der Waals surface area contributed by atoms with Gasteiger partial charge in [-0.25, -0.2) is 4.68 Å². The van der Waals surface area contributed by atoms with Crippen molar-refractivity contribution in [3.63, 3.8) is 0 Å². The summed E-state index contributed by atoms with van der Waals surface area (Å²) in [4.78, 5) is 29.9. The highest BCUT2D eigenvalue weighted by molar-refractivity contribution is 6.43. The molecule has 0 bridgehead atoms. The summed E-state index contributed by atoms with van der Waals surface area (Å²) in [6, 6.07) is 12.7. The van der Waals surface area contributed by atoms with E-state index in [2.05, 4.69) is 0 Å². The highest BCUT2D eigenvalue weighted by Gasteiger charge is 2.38. The van der Waals surface area contributed by atoms with Gasteiger partial charge in [-0.15, -0.1) is 0 Å². The minimum absolute atomic E-state index is 0.118. The fourth-order valence-electron chi connectivity index (χ4n) is 6.05. The number of carbonyl (C=O) groups excluding carboxylic acids is 2. The minimum atomic E-state index is -0.558. The summed E-state index contributed by atoms with van der Waals surface area (Å²) in [5.41, 5.74) is 2.86. The topological polar surface area (TPSA) is 55.2 Å². The summed E-state index contributed by atoms with van der Waals surface area (Å²) < 4.78 is 1.64. The van der Waals surface area contributed by atoms with Crippen molar-refractivity contribution in [3.8, 4) is 16.9 Å². The zero-order chi connectivity index (χ0) is 26.8. The van der Waals surface area contributed by atoms with Crippen LogP contribution >= 0.6 is 34.8 Å². The number of benzene rings is 2. The van der Waals surface area contributed by atoms with Crippen LogP contribution in [0.2, 0.25) is 15.1 Å². The van der Waals surface area contributed by atoms with Crippen molar-refractivity contribution in [1.82, 2.24) is 14.7 Å². The lowest BCUT2D eigenvalue weighted by Crippen LogP contribution is -2.51. The van der Waals surface area contributed by atoms with Gasteiger partial charge in [-0.05, 0) is 62.9 Å². The third-order valence-electron chi connectivity index (χ3n) is 7.96. The highest BCUT2D eigenvalue weighted by atomic mass is 35.5. The van der Waals surface area contributed by atoms with Gasteiger partial charge in [0.2, 0.25) is 0 Å². The SMILES string of the molecule is Cc1c(C(=O)C(=O)N(C2CCCCC2)C2CCCCC2)nn(-c2ccc(Cl)cc2Cl)c1-c1ccc(Cl)cc1. The Morgan fingerprint density at radius 2 is 1.37 bits per heavy atom. The number of aromatic nitrogens is 2. The number of ketones is 1. The average Bonchev–Trinajstić information content (AvgIpc) is 3.26. The zero-order valence-corrected chi connectivity index (χ0v) is 23.8. The maximum absolute atomic E-state index is 14.0. The molecule has 5 nitrogen and oxygen atoms in total. The van der Waals surface area contributed by atoms with Gasteiger partial charge in [0.1, 0.15) is 5.69 Å². The van der Waals surface area contributed by atoms with Crippen molar-refractivity contribution in [3.05, 3.63) is 68.8 Å². The standard InChI is InChI=1S/C30H32Cl3N3O2/c1-19-27(29(37)30(38)35(23-8-4-2-5-9-23)24-10-6-3-7-11-24)34-36(26-17-16-22(32)18-25(26)33)28(19)20-12-14-21(31)15-13-20/h12-18,23-24H,2-11H2,1H3. The molecule has 2 saturated carbocycles. The van der Waals surface area contributed by atoms with E-state index >= 15 is 0 Å². The van der Waals surface area contributed by atoms with Gasteiger partial charge in [-0.1, -0.05) is 85.5 Å². The average molecular weight is 573 g/mol. The Morgan fingerprint density at radius 1 is 0.816 bits per heavy atom. The van der Waals surface area contributed by atoms with Gasteiger partial charge >= 0.3 is 0 Å². The number of hydrogen-bond acceptors (Lipinski definition) is 3. The molecule has 0 spiro atoms. The maximum Gasteiger partial charge on any atom is 0.297 e. The molecular formula is C30H32Cl3N3O2. The molecule has 0 aliphatic heterocycles. The second-order valence-corrected chi connectivity index (χ2v) is 11.7. The predicted molar refractivity (Wildman–Crippen MR) is 154 cm³/mol. The van der Waals surface area contributed by atoms with Crippen molar-refractivity contribution in [2.45, 2.75) is 83.2 Å². The molecule has 0 radical (unpaired) electrons. The maximum atomic E-state index is 14.0. The summed E-state index contributed by atoms with van der Waals surface area (Å²) in [5.74, 6) is -0.987. The molecule has 5 rings (SSSR count). The summed E-state index contributed by atoms with van der Waals surface area (Å²) in [5, 5.41) is 6.22. The Morgan fingerprint density at radius 3 is 1.92 bits per heavy atom. The fourth-order valence-corrected chi connectivity index (χ4v) is 6.67. The smallest absolute Gasteiger partial charge is 0.297 e. The zero-order valence-electron chi connectivity index (χ0n) is 21.6. The van der Waals surface area contributed by atoms with Gasteiger partial charge in [0, 0.05) is 33.3 Å². The first-order valence-electron chi connectivity index (χ1n) is 13.5. The molecule has 1 aromatic heterocycles. The number of Topliss-reactive ketones (excluding diaryl/α,β-unsaturated/α-hetero) is 1. The van der Waals surface area contributed by atoms with Crippen molar-refractivity contribution < 1.29 is 9.59 Å². The number of carbonyl (C=O) groups is 2. The van der Waals surface area contributed by atoms with Crippen LogP contribution in [0.4, 0.5) is 0 Å². The van der Waals surface area contributed by atoms with Gasteiger partial charge in [0.25, 0.3) is 11.7 Å². The predicted octanol–water partition coefficient (Wildman–Crippen LogP) is 8.48. The Balaban J connectivity index is 1.58. The molecule has 2 fully saturated rings. The molecule has 2 aliphatic rings. The third-order valence-corrected chi connectivity index (χ3v) is 8.75. The van der Waals surface area contributed by atoms with Crippen LogP contribution in [0.5, 0.6) is 0 Å². The van der Waals surface area contributed by atoms with Crippen molar-refractivity contribution in [2.24, 2.45) is 0 Å². The Labute approximate surface area is 239 Å². The normalized spacial score (nSPS) is 16.9. The lowest BCUT2D eigenvalue weighted by molar-refractivity contribution is -0.133. The molecule has 200 valence electrons. The Kier molecular flexibility index (Phi) is 8.47. The van der Waals surface area contributed by atoms with E-state index in [9.17, 15) is 9.59 Å². The lowest BCUT2D eigenvalue weighted by Gasteiger charge is -2.41. The number of nitrogens with zero attached hydrogens (tertiary/aromatic N) is 3. The molecule has 0 N–H and O–H groups in total. The van der Waals surface area contributed by atoms with Gasteiger partial charge in [-0.2, -0.15) is 5.10 Å². The quantitative estimate of drug-likeness (QED) is 0.220. The lowest BCUT2D eigenvalue weighted by atomic mass is 9.88. The first-order valence-corrected chi connectivity index (χ1v) is 14.7. The molecule has 0 atom stereocenters. The van der Waals surface area contributed by atoms with Crippen LogP contribution in [0, 0.1) is 6.92 Å². The van der Waals surface area contributed by atoms with E-state index in [0.29, 0.717) is 32.0 Å². The number of hydrogen-bond donors (Lipinski definition) is 0. The molecule has 0 unspecified atom stereocenters. The van der Waals surface area contributed by atoms with Crippen molar-refractivity contribution in [2.75, 3.05) is 0 Å². The van der Waals surface area contributed by atoms with E-state index in [1.807, 2.05) is 24.0 Å². The molecule has 0 saturated heterocycles. The first kappa shape index (κ1) is 27.2. The second kappa shape index (κ2) is 11.8. The van der Waals surface area contributed by atoms with E-state index in [0.717, 1.165) is 56.9 Å². The summed E-state index contributed by atoms with van der Waals surface area (Å²) >= 11 is 18.9. The third kappa shape index (κ3) is 5.52. The Bertz CT molecular complexity index is 1310. The number of halogens is 3. The molecule has 1 amide bonds. The minimum Gasteiger partial charge on any atom is -0.330 e. The molecule has 3 aromatic rings. The largest absolute Gasteiger partial charge is 0.330 e. The van der Waals surface area contributed by atoms with Crippen LogP contribution in [-0.4, -0.2) is 38.5 Å². The van der Waals surface area contributed by atoms with Gasteiger partial charge in [0.05, 0.1) is 16.4 Å². The molecule has 2 aliphatic carbocycles. The van der Waals surface area contributed by atoms with Crippen LogP contribution in [0.15, 0.2) is 42.5 Å². The van der Waals surface area contributed by atoms with Crippen molar-refractivity contribution >= 4 is 46.5 Å². The van der Waals surface area contributed by atoms with Crippen LogP contribution in [0.25, 0.3) is 16.9 Å². The van der Waals surface area contributed by atoms with Gasteiger partial charge < -0.3 is 4.90 Å². The van der Waals surface area contributed by atoms with E-state index in [1.54, 1.807) is 35.0 Å². The summed E-state index contributed by atoms with van der Waals surface area (Å²) in [6.45, 7) is 1.84. The molecular weight excluding hydrogens is 541 g/mol. The summed E-state index contributed by atoms with van der Waals surface area (Å²) in [6.07, 6.45) is 10.6. The first-order chi connectivity index (χ1) is 18.3. The highest BCUT2D eigenvalue weighted by Crippen LogP contribution is 2.35. The van der Waals surface area contributed by atoms with E-state index in [-0.39, 0.29) is 17.8 Å². The van der Waals surface area contributed by atoms with Gasteiger partial charge in [-0.3, -0.25) is 9.59 Å². The van der Waals surface area contributed by atoms with Crippen LogP contribution in [0.3, 0.4) is 0 Å². The van der Waals surface area contributed by atoms with E-state index in [4.69, 9.17) is 39.9 Å². The summed E-state index contributed by atoms with van der Waals surface area (Å²) in [7, 11) is 0. The van der Waals surface area contributed by atoms with Crippen molar-refractivity contribution in [1.29, 1.82) is 0 Å². The number of rotatable bonds is 6. The molecule has 8 heteroatoms. The van der Waals surface area contributed by atoms with E-state index in [1.165, 1.54) is 12.8 Å².